The molecule has 0 aliphatic carbocycles. The summed E-state index contributed by atoms with van der Waals surface area (Å²) in [6.07, 6.45) is 0. The molecule has 1 aliphatic heterocycles. The summed E-state index contributed by atoms with van der Waals surface area (Å²) in [5.74, 6) is 0. The molecule has 0 radical (unpaired) electrons. The molecule has 1 fully saturated rings. The minimum Gasteiger partial charge on any atom is -0.311 e. The molecule has 0 saturated carbocycles. The lowest BCUT2D eigenvalue weighted by atomic mass is 10.0. The van der Waals surface area contributed by atoms with Crippen molar-refractivity contribution in [2.24, 2.45) is 0 Å². The molecule has 0 aromatic rings. The van der Waals surface area contributed by atoms with Crippen molar-refractivity contribution >= 4 is 0 Å². The van der Waals surface area contributed by atoms with Crippen LogP contribution in [0.15, 0.2) is 12.2 Å². The van der Waals surface area contributed by atoms with Crippen molar-refractivity contribution < 1.29 is 0 Å². The molecule has 0 aromatic carbocycles. The van der Waals surface area contributed by atoms with Crippen LogP contribution in [0.2, 0.25) is 0 Å². The SMILES string of the molecule is C=C(CNC(C)C)CN1CCN(C(C)(C)C)CC1. The summed E-state index contributed by atoms with van der Waals surface area (Å²) >= 11 is 0. The van der Waals surface area contributed by atoms with E-state index in [0.717, 1.165) is 26.2 Å². The van der Waals surface area contributed by atoms with Gasteiger partial charge in [-0.2, -0.15) is 0 Å². The predicted molar refractivity (Wildman–Crippen MR) is 80.0 cm³/mol. The summed E-state index contributed by atoms with van der Waals surface area (Å²) in [5, 5.41) is 3.43. The van der Waals surface area contributed by atoms with E-state index < -0.39 is 0 Å². The van der Waals surface area contributed by atoms with E-state index in [1.165, 1.54) is 18.7 Å². The van der Waals surface area contributed by atoms with Crippen LogP contribution in [-0.4, -0.2) is 60.6 Å². The minimum atomic E-state index is 0.308. The second kappa shape index (κ2) is 6.69. The van der Waals surface area contributed by atoms with Crippen LogP contribution in [-0.2, 0) is 0 Å². The Labute approximate surface area is 113 Å². The molecule has 1 rings (SSSR count). The summed E-state index contributed by atoms with van der Waals surface area (Å²) in [5.41, 5.74) is 1.61. The first kappa shape index (κ1) is 15.7. The van der Waals surface area contributed by atoms with E-state index in [1.54, 1.807) is 0 Å². The van der Waals surface area contributed by atoms with Gasteiger partial charge in [-0.25, -0.2) is 0 Å². The number of nitrogens with one attached hydrogen (secondary N) is 1. The van der Waals surface area contributed by atoms with Gasteiger partial charge in [0.25, 0.3) is 0 Å². The second-order valence-electron chi connectivity index (χ2n) is 6.72. The van der Waals surface area contributed by atoms with Crippen molar-refractivity contribution in [2.75, 3.05) is 39.3 Å². The highest BCUT2D eigenvalue weighted by Crippen LogP contribution is 2.16. The average Bonchev–Trinajstić information content (AvgIpc) is 2.26. The van der Waals surface area contributed by atoms with Gasteiger partial charge < -0.3 is 5.32 Å². The molecule has 0 atom stereocenters. The number of hydrogen-bond donors (Lipinski definition) is 1. The van der Waals surface area contributed by atoms with Crippen molar-refractivity contribution in [1.29, 1.82) is 0 Å². The maximum Gasteiger partial charge on any atom is 0.0203 e. The molecule has 3 nitrogen and oxygen atoms in total. The van der Waals surface area contributed by atoms with Gasteiger partial charge in [-0.3, -0.25) is 9.80 Å². The molecule has 0 amide bonds. The fourth-order valence-corrected chi connectivity index (χ4v) is 2.30. The standard InChI is InChI=1S/C15H31N3/c1-13(2)16-11-14(3)12-17-7-9-18(10-8-17)15(4,5)6/h13,16H,3,7-12H2,1-2,4-6H3. The van der Waals surface area contributed by atoms with Crippen molar-refractivity contribution in [3.63, 3.8) is 0 Å². The zero-order valence-corrected chi connectivity index (χ0v) is 12.9. The summed E-state index contributed by atoms with van der Waals surface area (Å²) in [4.78, 5) is 5.09. The first-order valence-electron chi connectivity index (χ1n) is 7.16. The van der Waals surface area contributed by atoms with Gasteiger partial charge in [-0.05, 0) is 26.3 Å². The largest absolute Gasteiger partial charge is 0.311 e. The Morgan fingerprint density at radius 1 is 1.17 bits per heavy atom. The Hall–Kier alpha value is -0.380. The smallest absolute Gasteiger partial charge is 0.0203 e. The van der Waals surface area contributed by atoms with E-state index in [0.29, 0.717) is 11.6 Å². The Morgan fingerprint density at radius 2 is 1.72 bits per heavy atom. The molecular weight excluding hydrogens is 222 g/mol. The first-order valence-corrected chi connectivity index (χ1v) is 7.16. The molecule has 1 heterocycles. The fourth-order valence-electron chi connectivity index (χ4n) is 2.30. The number of hydrogen-bond acceptors (Lipinski definition) is 3. The Kier molecular flexibility index (Phi) is 5.83. The maximum atomic E-state index is 4.17. The van der Waals surface area contributed by atoms with Crippen molar-refractivity contribution in [3.05, 3.63) is 12.2 Å². The third-order valence-electron chi connectivity index (χ3n) is 3.53. The highest BCUT2D eigenvalue weighted by Gasteiger charge is 2.25. The van der Waals surface area contributed by atoms with Gasteiger partial charge in [0.05, 0.1) is 0 Å². The molecule has 0 bridgehead atoms. The van der Waals surface area contributed by atoms with E-state index >= 15 is 0 Å². The van der Waals surface area contributed by atoms with E-state index in [1.807, 2.05) is 0 Å². The van der Waals surface area contributed by atoms with Crippen molar-refractivity contribution in [2.45, 2.75) is 46.2 Å². The van der Waals surface area contributed by atoms with Crippen LogP contribution in [0.25, 0.3) is 0 Å². The molecule has 1 saturated heterocycles. The third-order valence-corrected chi connectivity index (χ3v) is 3.53. The van der Waals surface area contributed by atoms with Gasteiger partial charge in [0.15, 0.2) is 0 Å². The van der Waals surface area contributed by atoms with Crippen molar-refractivity contribution in [1.82, 2.24) is 15.1 Å². The van der Waals surface area contributed by atoms with Gasteiger partial charge >= 0.3 is 0 Å². The van der Waals surface area contributed by atoms with Crippen molar-refractivity contribution in [3.8, 4) is 0 Å². The topological polar surface area (TPSA) is 18.5 Å². The normalized spacial score (nSPS) is 19.4. The van der Waals surface area contributed by atoms with E-state index in [2.05, 4.69) is 56.3 Å². The average molecular weight is 253 g/mol. The van der Waals surface area contributed by atoms with Crippen LogP contribution < -0.4 is 5.32 Å². The monoisotopic (exact) mass is 253 g/mol. The Bertz CT molecular complexity index is 257. The second-order valence-corrected chi connectivity index (χ2v) is 6.72. The molecule has 0 unspecified atom stereocenters. The summed E-state index contributed by atoms with van der Waals surface area (Å²) in [7, 11) is 0. The molecule has 106 valence electrons. The first-order chi connectivity index (χ1) is 8.29. The molecule has 1 N–H and O–H groups in total. The minimum absolute atomic E-state index is 0.308. The quantitative estimate of drug-likeness (QED) is 0.756. The Morgan fingerprint density at radius 3 is 2.17 bits per heavy atom. The van der Waals surface area contributed by atoms with E-state index in [4.69, 9.17) is 0 Å². The zero-order valence-electron chi connectivity index (χ0n) is 12.9. The number of rotatable bonds is 5. The lowest BCUT2D eigenvalue weighted by molar-refractivity contribution is 0.0662. The van der Waals surface area contributed by atoms with Crippen LogP contribution >= 0.6 is 0 Å². The highest BCUT2D eigenvalue weighted by molar-refractivity contribution is 5.01. The molecular formula is C15H31N3. The van der Waals surface area contributed by atoms with E-state index in [-0.39, 0.29) is 0 Å². The lowest BCUT2D eigenvalue weighted by Crippen LogP contribution is -2.53. The van der Waals surface area contributed by atoms with Crippen LogP contribution in [0.5, 0.6) is 0 Å². The zero-order chi connectivity index (χ0) is 13.8. The van der Waals surface area contributed by atoms with Crippen LogP contribution in [0.1, 0.15) is 34.6 Å². The third kappa shape index (κ3) is 5.51. The number of piperazine rings is 1. The molecule has 3 heteroatoms. The van der Waals surface area contributed by atoms with Gasteiger partial charge in [-0.15, -0.1) is 0 Å². The van der Waals surface area contributed by atoms with Gasteiger partial charge in [0.2, 0.25) is 0 Å². The van der Waals surface area contributed by atoms with E-state index in [9.17, 15) is 0 Å². The molecule has 1 aliphatic rings. The predicted octanol–water partition coefficient (Wildman–Crippen LogP) is 1.96. The van der Waals surface area contributed by atoms with Gasteiger partial charge in [0, 0.05) is 50.8 Å². The maximum absolute atomic E-state index is 4.17. The lowest BCUT2D eigenvalue weighted by Gasteiger charge is -2.42. The molecule has 18 heavy (non-hydrogen) atoms. The summed E-state index contributed by atoms with van der Waals surface area (Å²) < 4.78 is 0. The summed E-state index contributed by atoms with van der Waals surface area (Å²) in [6.45, 7) is 22.1. The van der Waals surface area contributed by atoms with Gasteiger partial charge in [0.1, 0.15) is 0 Å². The molecule has 0 aromatic heterocycles. The number of nitrogens with zero attached hydrogens (tertiary/aromatic N) is 2. The van der Waals surface area contributed by atoms with Crippen LogP contribution in [0.4, 0.5) is 0 Å². The highest BCUT2D eigenvalue weighted by atomic mass is 15.3. The van der Waals surface area contributed by atoms with Crippen LogP contribution in [0.3, 0.4) is 0 Å². The van der Waals surface area contributed by atoms with Gasteiger partial charge in [-0.1, -0.05) is 20.4 Å². The Balaban J connectivity index is 2.25. The van der Waals surface area contributed by atoms with Crippen LogP contribution in [0, 0.1) is 0 Å². The summed E-state index contributed by atoms with van der Waals surface area (Å²) in [6, 6.07) is 0.541. The fraction of sp³-hybridized carbons (Fsp3) is 0.867. The molecule has 0 spiro atoms.